The molecule has 10 heteroatoms. The van der Waals surface area contributed by atoms with Gasteiger partial charge in [0, 0.05) is 30.1 Å². The minimum absolute atomic E-state index is 0.0325. The van der Waals surface area contributed by atoms with Crippen LogP contribution in [-0.4, -0.2) is 23.4 Å². The number of fused-ring (bicyclic) bond motifs is 2. The molecule has 7 nitrogen and oxygen atoms in total. The van der Waals surface area contributed by atoms with Crippen molar-refractivity contribution in [3.8, 4) is 17.2 Å². The van der Waals surface area contributed by atoms with Gasteiger partial charge in [-0.1, -0.05) is 0 Å². The molecule has 0 atom stereocenters. The summed E-state index contributed by atoms with van der Waals surface area (Å²) < 4.78 is 56.4. The minimum atomic E-state index is -4.62. The van der Waals surface area contributed by atoms with Crippen LogP contribution in [0.5, 0.6) is 17.2 Å². The summed E-state index contributed by atoms with van der Waals surface area (Å²) in [4.78, 5) is 7.90. The Bertz CT molecular complexity index is 1120. The number of alkyl halides is 3. The quantitative estimate of drug-likeness (QED) is 0.641. The lowest BCUT2D eigenvalue weighted by molar-refractivity contribution is -0.137. The summed E-state index contributed by atoms with van der Waals surface area (Å²) in [5, 5.41) is 5.66. The van der Waals surface area contributed by atoms with Crippen molar-refractivity contribution in [3.63, 3.8) is 0 Å². The third kappa shape index (κ3) is 3.51. The van der Waals surface area contributed by atoms with Crippen molar-refractivity contribution in [3.05, 3.63) is 53.7 Å². The Kier molecular flexibility index (Phi) is 4.27. The molecular weight excluding hydrogens is 401 g/mol. The van der Waals surface area contributed by atoms with Crippen molar-refractivity contribution < 1.29 is 27.4 Å². The molecule has 2 aliphatic heterocycles. The number of rotatable bonds is 4. The zero-order valence-electron chi connectivity index (χ0n) is 15.4. The SMILES string of the molecule is FC(F)(F)c1cnc(Nc2ccc3c(c2)CCO3)nc1Nc1ccc2c(c1)OCO2. The average molecular weight is 416 g/mol. The Hall–Kier alpha value is -3.69. The molecule has 0 spiro atoms. The van der Waals surface area contributed by atoms with E-state index in [1.54, 1.807) is 30.3 Å². The van der Waals surface area contributed by atoms with Crippen LogP contribution in [0.1, 0.15) is 11.1 Å². The molecule has 154 valence electrons. The van der Waals surface area contributed by atoms with E-state index < -0.39 is 11.7 Å². The van der Waals surface area contributed by atoms with Crippen LogP contribution in [0.25, 0.3) is 0 Å². The highest BCUT2D eigenvalue weighted by Gasteiger charge is 2.35. The molecule has 0 fully saturated rings. The second kappa shape index (κ2) is 6.97. The van der Waals surface area contributed by atoms with Crippen molar-refractivity contribution in [1.82, 2.24) is 9.97 Å². The third-order valence-corrected chi connectivity index (χ3v) is 4.68. The number of anilines is 4. The van der Waals surface area contributed by atoms with Gasteiger partial charge in [0.15, 0.2) is 11.5 Å². The smallest absolute Gasteiger partial charge is 0.421 e. The standard InChI is InChI=1S/C20H15F3N4O3/c21-20(22,23)14-9-24-19(26-12-1-3-15-11(7-12)5-6-28-15)27-18(14)25-13-2-4-16-17(8-13)30-10-29-16/h1-4,7-9H,5-6,10H2,(H2,24,25,26,27). The molecule has 0 radical (unpaired) electrons. The number of hydrogen-bond acceptors (Lipinski definition) is 7. The van der Waals surface area contributed by atoms with Crippen LogP contribution in [-0.2, 0) is 12.6 Å². The molecule has 0 unspecified atom stereocenters. The molecule has 3 aromatic rings. The number of hydrogen-bond donors (Lipinski definition) is 2. The summed E-state index contributed by atoms with van der Waals surface area (Å²) >= 11 is 0. The molecule has 0 saturated heterocycles. The van der Waals surface area contributed by atoms with Gasteiger partial charge in [-0.3, -0.25) is 0 Å². The average Bonchev–Trinajstić information content (AvgIpc) is 3.35. The van der Waals surface area contributed by atoms with Gasteiger partial charge in [0.2, 0.25) is 12.7 Å². The maximum Gasteiger partial charge on any atom is 0.421 e. The van der Waals surface area contributed by atoms with Crippen LogP contribution in [0.15, 0.2) is 42.6 Å². The van der Waals surface area contributed by atoms with E-state index in [4.69, 9.17) is 14.2 Å². The van der Waals surface area contributed by atoms with Gasteiger partial charge in [0.05, 0.1) is 6.61 Å². The molecule has 1 aromatic heterocycles. The molecular formula is C20H15F3N4O3. The number of halogens is 3. The Morgan fingerprint density at radius 1 is 0.867 bits per heavy atom. The predicted molar refractivity (Wildman–Crippen MR) is 102 cm³/mol. The predicted octanol–water partition coefficient (Wildman–Crippen LogP) is 4.65. The lowest BCUT2D eigenvalue weighted by Gasteiger charge is -2.15. The van der Waals surface area contributed by atoms with E-state index in [0.29, 0.717) is 29.5 Å². The zero-order chi connectivity index (χ0) is 20.7. The van der Waals surface area contributed by atoms with Crippen LogP contribution in [0.3, 0.4) is 0 Å². The normalized spacial score (nSPS) is 14.2. The summed E-state index contributed by atoms with van der Waals surface area (Å²) in [6.45, 7) is 0.680. The first kappa shape index (κ1) is 18.3. The van der Waals surface area contributed by atoms with Gasteiger partial charge in [0.25, 0.3) is 0 Å². The lowest BCUT2D eigenvalue weighted by Crippen LogP contribution is -2.12. The van der Waals surface area contributed by atoms with Crippen LogP contribution >= 0.6 is 0 Å². The van der Waals surface area contributed by atoms with E-state index in [9.17, 15) is 13.2 Å². The Morgan fingerprint density at radius 3 is 2.47 bits per heavy atom. The van der Waals surface area contributed by atoms with Crippen LogP contribution in [0.4, 0.5) is 36.3 Å². The van der Waals surface area contributed by atoms with Crippen molar-refractivity contribution in [1.29, 1.82) is 0 Å². The Balaban J connectivity index is 1.45. The first-order valence-corrected chi connectivity index (χ1v) is 9.09. The lowest BCUT2D eigenvalue weighted by atomic mass is 10.1. The monoisotopic (exact) mass is 416 g/mol. The van der Waals surface area contributed by atoms with E-state index in [-0.39, 0.29) is 18.6 Å². The maximum atomic E-state index is 13.5. The molecule has 0 bridgehead atoms. The molecule has 2 aromatic carbocycles. The van der Waals surface area contributed by atoms with Crippen LogP contribution in [0.2, 0.25) is 0 Å². The number of nitrogens with one attached hydrogen (secondary N) is 2. The van der Waals surface area contributed by atoms with E-state index >= 15 is 0 Å². The highest BCUT2D eigenvalue weighted by atomic mass is 19.4. The summed E-state index contributed by atoms with van der Waals surface area (Å²) in [5.41, 5.74) is 1.08. The van der Waals surface area contributed by atoms with Crippen molar-refractivity contribution in [2.75, 3.05) is 24.0 Å². The number of nitrogens with zero attached hydrogens (tertiary/aromatic N) is 2. The van der Waals surface area contributed by atoms with Gasteiger partial charge in [0.1, 0.15) is 17.1 Å². The topological polar surface area (TPSA) is 77.5 Å². The second-order valence-corrected chi connectivity index (χ2v) is 6.69. The highest BCUT2D eigenvalue weighted by molar-refractivity contribution is 5.66. The Labute approximate surface area is 168 Å². The molecule has 2 aliphatic rings. The van der Waals surface area contributed by atoms with Gasteiger partial charge in [-0.25, -0.2) is 4.98 Å². The molecule has 2 N–H and O–H groups in total. The minimum Gasteiger partial charge on any atom is -0.493 e. The molecule has 30 heavy (non-hydrogen) atoms. The van der Waals surface area contributed by atoms with Crippen molar-refractivity contribution >= 4 is 23.1 Å². The fourth-order valence-corrected chi connectivity index (χ4v) is 3.25. The van der Waals surface area contributed by atoms with Gasteiger partial charge >= 0.3 is 6.18 Å². The Morgan fingerprint density at radius 2 is 1.63 bits per heavy atom. The van der Waals surface area contributed by atoms with Gasteiger partial charge in [-0.05, 0) is 35.9 Å². The molecule has 0 amide bonds. The van der Waals surface area contributed by atoms with Gasteiger partial charge in [-0.2, -0.15) is 18.2 Å². The van der Waals surface area contributed by atoms with Gasteiger partial charge < -0.3 is 24.8 Å². The second-order valence-electron chi connectivity index (χ2n) is 6.69. The number of ether oxygens (including phenoxy) is 3. The summed E-state index contributed by atoms with van der Waals surface area (Å²) in [5.74, 6) is 1.44. The summed E-state index contributed by atoms with van der Waals surface area (Å²) in [6, 6.07) is 10.2. The van der Waals surface area contributed by atoms with Crippen LogP contribution in [0, 0.1) is 0 Å². The van der Waals surface area contributed by atoms with Crippen molar-refractivity contribution in [2.45, 2.75) is 12.6 Å². The highest BCUT2D eigenvalue weighted by Crippen LogP contribution is 2.38. The third-order valence-electron chi connectivity index (χ3n) is 4.68. The first-order chi connectivity index (χ1) is 14.5. The van der Waals surface area contributed by atoms with Gasteiger partial charge in [-0.15, -0.1) is 0 Å². The van der Waals surface area contributed by atoms with E-state index in [2.05, 4.69) is 20.6 Å². The summed E-state index contributed by atoms with van der Waals surface area (Å²) in [7, 11) is 0. The number of benzene rings is 2. The summed E-state index contributed by atoms with van der Waals surface area (Å²) in [6.07, 6.45) is -3.10. The number of aromatic nitrogens is 2. The maximum absolute atomic E-state index is 13.5. The fourth-order valence-electron chi connectivity index (χ4n) is 3.25. The molecule has 0 aliphatic carbocycles. The fraction of sp³-hybridized carbons (Fsp3) is 0.200. The zero-order valence-corrected chi connectivity index (χ0v) is 15.4. The molecule has 3 heterocycles. The van der Waals surface area contributed by atoms with E-state index in [0.717, 1.165) is 23.9 Å². The largest absolute Gasteiger partial charge is 0.493 e. The van der Waals surface area contributed by atoms with E-state index in [1.165, 1.54) is 0 Å². The molecule has 0 saturated carbocycles. The van der Waals surface area contributed by atoms with E-state index in [1.807, 2.05) is 6.07 Å². The van der Waals surface area contributed by atoms with Crippen LogP contribution < -0.4 is 24.8 Å². The van der Waals surface area contributed by atoms with Crippen molar-refractivity contribution in [2.24, 2.45) is 0 Å². The molecule has 5 rings (SSSR count). The first-order valence-electron chi connectivity index (χ1n) is 9.09.